The highest BCUT2D eigenvalue weighted by molar-refractivity contribution is 9.10. The van der Waals surface area contributed by atoms with Crippen LogP contribution in [0.15, 0.2) is 114 Å². The lowest BCUT2D eigenvalue weighted by atomic mass is 10.0. The Morgan fingerprint density at radius 1 is 0.500 bits per heavy atom. The molecule has 46 heavy (non-hydrogen) atoms. The van der Waals surface area contributed by atoms with Gasteiger partial charge in [0.1, 0.15) is 11.5 Å². The Kier molecular flexibility index (Phi) is 7.08. The quantitative estimate of drug-likeness (QED) is 0.192. The summed E-state index contributed by atoms with van der Waals surface area (Å²) in [5, 5.41) is 0. The van der Waals surface area contributed by atoms with Gasteiger partial charge in [0, 0.05) is 22.2 Å². The van der Waals surface area contributed by atoms with E-state index in [1.54, 1.807) is 7.11 Å². The van der Waals surface area contributed by atoms with Crippen molar-refractivity contribution < 1.29 is 9.47 Å². The fourth-order valence-corrected chi connectivity index (χ4v) is 6.28. The van der Waals surface area contributed by atoms with E-state index < -0.39 is 0 Å². The van der Waals surface area contributed by atoms with Gasteiger partial charge in [-0.2, -0.15) is 0 Å². The lowest BCUT2D eigenvalue weighted by Crippen LogP contribution is -1.89. The van der Waals surface area contributed by atoms with Crippen LogP contribution in [0.2, 0.25) is 0 Å². The van der Waals surface area contributed by atoms with Crippen molar-refractivity contribution in [2.45, 2.75) is 0 Å². The molecular formula is C39H27BrN4O2. The molecule has 3 aromatic carbocycles. The summed E-state index contributed by atoms with van der Waals surface area (Å²) in [4.78, 5) is 17.5. The van der Waals surface area contributed by atoms with Crippen molar-refractivity contribution >= 4 is 62.3 Å². The molecule has 0 saturated carbocycles. The maximum absolute atomic E-state index is 6.65. The van der Waals surface area contributed by atoms with E-state index in [1.807, 2.05) is 84.9 Å². The summed E-state index contributed by atoms with van der Waals surface area (Å²) in [6.07, 6.45) is 8.17. The van der Waals surface area contributed by atoms with Crippen LogP contribution < -0.4 is 9.47 Å². The number of fused-ring (bicyclic) bond motifs is 8. The van der Waals surface area contributed by atoms with Gasteiger partial charge in [0.2, 0.25) is 0 Å². The Balaban J connectivity index is 1.49. The van der Waals surface area contributed by atoms with Gasteiger partial charge in [-0.05, 0) is 99.9 Å². The lowest BCUT2D eigenvalue weighted by molar-refractivity contribution is 0.413. The first-order valence-electron chi connectivity index (χ1n) is 14.9. The van der Waals surface area contributed by atoms with Crippen molar-refractivity contribution in [2.75, 3.05) is 7.11 Å². The molecule has 0 fully saturated rings. The van der Waals surface area contributed by atoms with Gasteiger partial charge < -0.3 is 19.4 Å². The van der Waals surface area contributed by atoms with Crippen molar-refractivity contribution in [3.05, 3.63) is 136 Å². The smallest absolute Gasteiger partial charge is 0.174 e. The van der Waals surface area contributed by atoms with Gasteiger partial charge in [-0.1, -0.05) is 60.7 Å². The molecule has 222 valence electrons. The molecule has 2 aliphatic heterocycles. The van der Waals surface area contributed by atoms with E-state index in [4.69, 9.17) is 19.4 Å². The second-order valence-electron chi connectivity index (χ2n) is 10.9. The first-order chi connectivity index (χ1) is 22.6. The predicted molar refractivity (Wildman–Crippen MR) is 190 cm³/mol. The minimum Gasteiger partial charge on any atom is -0.497 e. The van der Waals surface area contributed by atoms with E-state index in [0.717, 1.165) is 77.3 Å². The van der Waals surface area contributed by atoms with Crippen molar-refractivity contribution in [1.29, 1.82) is 0 Å². The largest absolute Gasteiger partial charge is 0.497 e. The molecule has 2 aliphatic rings. The van der Waals surface area contributed by atoms with Crippen LogP contribution in [0, 0.1) is 0 Å². The highest BCUT2D eigenvalue weighted by atomic mass is 79.9. The SMILES string of the molecule is COc1ccc(Oc2c3ccc([nH]3)c(-c3ccccc3)c3nc(c(Br)c4nc(c(-c5ccccc5)c5ccc2[nH]5)C=C4)C=C3)cc1. The van der Waals surface area contributed by atoms with Crippen LogP contribution in [-0.4, -0.2) is 27.0 Å². The number of benzene rings is 3. The average Bonchev–Trinajstić information content (AvgIpc) is 3.93. The first kappa shape index (κ1) is 27.9. The summed E-state index contributed by atoms with van der Waals surface area (Å²) in [7, 11) is 1.65. The minimum atomic E-state index is 0.651. The summed E-state index contributed by atoms with van der Waals surface area (Å²) >= 11 is 3.83. The number of methoxy groups -OCH3 is 1. The fourth-order valence-electron chi connectivity index (χ4n) is 5.83. The number of rotatable bonds is 5. The number of hydrogen-bond donors (Lipinski definition) is 2. The summed E-state index contributed by atoms with van der Waals surface area (Å²) in [5.41, 5.74) is 10.9. The van der Waals surface area contributed by atoms with Crippen LogP contribution >= 0.6 is 15.9 Å². The number of aromatic amines is 2. The molecule has 3 aromatic heterocycles. The van der Waals surface area contributed by atoms with Gasteiger partial charge >= 0.3 is 0 Å². The van der Waals surface area contributed by atoms with E-state index in [1.165, 1.54) is 0 Å². The molecule has 0 saturated heterocycles. The van der Waals surface area contributed by atoms with Crippen LogP contribution in [0.3, 0.4) is 0 Å². The number of nitrogens with one attached hydrogen (secondary N) is 2. The zero-order chi connectivity index (χ0) is 31.0. The van der Waals surface area contributed by atoms with Gasteiger partial charge in [0.15, 0.2) is 5.75 Å². The lowest BCUT2D eigenvalue weighted by Gasteiger charge is -2.08. The van der Waals surface area contributed by atoms with Crippen molar-refractivity contribution in [3.8, 4) is 39.5 Å². The molecule has 6 nitrogen and oxygen atoms in total. The van der Waals surface area contributed by atoms with Gasteiger partial charge in [-0.3, -0.25) is 0 Å². The summed E-state index contributed by atoms with van der Waals surface area (Å²) < 4.78 is 12.9. The highest BCUT2D eigenvalue weighted by Crippen LogP contribution is 2.37. The van der Waals surface area contributed by atoms with Crippen LogP contribution in [0.1, 0.15) is 22.8 Å². The molecular weight excluding hydrogens is 636 g/mol. The maximum atomic E-state index is 6.65. The van der Waals surface area contributed by atoms with E-state index in [2.05, 4.69) is 74.4 Å². The normalized spacial score (nSPS) is 12.0. The molecule has 2 N–H and O–H groups in total. The Morgan fingerprint density at radius 2 is 0.935 bits per heavy atom. The predicted octanol–water partition coefficient (Wildman–Crippen LogP) is 10.6. The third-order valence-corrected chi connectivity index (χ3v) is 8.86. The number of hydrogen-bond acceptors (Lipinski definition) is 4. The molecule has 7 heteroatoms. The molecule has 5 heterocycles. The zero-order valence-electron chi connectivity index (χ0n) is 24.8. The van der Waals surface area contributed by atoms with E-state index in [0.29, 0.717) is 11.5 Å². The third kappa shape index (κ3) is 5.10. The molecule has 8 bridgehead atoms. The fraction of sp³-hybridized carbons (Fsp3) is 0.0256. The van der Waals surface area contributed by atoms with Crippen molar-refractivity contribution in [2.24, 2.45) is 0 Å². The second-order valence-corrected chi connectivity index (χ2v) is 11.7. The molecule has 0 atom stereocenters. The van der Waals surface area contributed by atoms with Crippen LogP contribution in [0.4, 0.5) is 0 Å². The number of H-pyrrole nitrogens is 2. The second kappa shape index (κ2) is 11.7. The highest BCUT2D eigenvalue weighted by Gasteiger charge is 2.17. The molecule has 0 aliphatic carbocycles. The maximum Gasteiger partial charge on any atom is 0.174 e. The molecule has 8 rings (SSSR count). The third-order valence-electron chi connectivity index (χ3n) is 8.05. The summed E-state index contributed by atoms with van der Waals surface area (Å²) in [5.74, 6) is 2.09. The van der Waals surface area contributed by atoms with Crippen LogP contribution in [0.5, 0.6) is 17.2 Å². The van der Waals surface area contributed by atoms with Crippen LogP contribution in [-0.2, 0) is 0 Å². The standard InChI is InChI=1S/C39H27BrN4O2/c1-45-26-12-14-27(15-13-26)46-39-34-22-18-30(43-34)36(24-8-4-2-5-9-24)28-16-20-32(41-28)38(40)33-21-17-29(42-33)37(25-10-6-3-7-11-25)31-19-23-35(39)44-31/h2-23,43-44H,1H3. The molecule has 0 spiro atoms. The topological polar surface area (TPSA) is 75.8 Å². The number of ether oxygens (including phenoxy) is 2. The number of halogens is 1. The molecule has 0 radical (unpaired) electrons. The first-order valence-corrected chi connectivity index (χ1v) is 15.7. The Bertz CT molecular complexity index is 2180. The Hall–Kier alpha value is -5.66. The zero-order valence-corrected chi connectivity index (χ0v) is 26.4. The Morgan fingerprint density at radius 3 is 1.41 bits per heavy atom. The van der Waals surface area contributed by atoms with Crippen molar-refractivity contribution in [3.63, 3.8) is 0 Å². The number of nitrogens with zero attached hydrogens (tertiary/aromatic N) is 2. The Labute approximate surface area is 273 Å². The molecule has 6 aromatic rings. The van der Waals surface area contributed by atoms with Crippen LogP contribution in [0.25, 0.3) is 68.6 Å². The summed E-state index contributed by atoms with van der Waals surface area (Å²) in [6.45, 7) is 0. The molecule has 0 amide bonds. The summed E-state index contributed by atoms with van der Waals surface area (Å²) in [6, 6.07) is 36.4. The van der Waals surface area contributed by atoms with Gasteiger partial charge in [-0.15, -0.1) is 0 Å². The number of aromatic nitrogens is 4. The van der Waals surface area contributed by atoms with E-state index in [-0.39, 0.29) is 0 Å². The minimum absolute atomic E-state index is 0.651. The average molecular weight is 664 g/mol. The van der Waals surface area contributed by atoms with Gasteiger partial charge in [-0.25, -0.2) is 9.97 Å². The monoisotopic (exact) mass is 662 g/mol. The van der Waals surface area contributed by atoms with E-state index >= 15 is 0 Å². The van der Waals surface area contributed by atoms with Crippen molar-refractivity contribution in [1.82, 2.24) is 19.9 Å². The van der Waals surface area contributed by atoms with Gasteiger partial charge in [0.25, 0.3) is 0 Å². The van der Waals surface area contributed by atoms with E-state index in [9.17, 15) is 0 Å². The molecule has 0 unspecified atom stereocenters. The van der Waals surface area contributed by atoms with Gasteiger partial charge in [0.05, 0.1) is 45.4 Å².